The molecule has 9 heteroatoms. The van der Waals surface area contributed by atoms with Gasteiger partial charge in [-0.3, -0.25) is 9.78 Å². The van der Waals surface area contributed by atoms with Gasteiger partial charge in [-0.25, -0.2) is 4.98 Å². The van der Waals surface area contributed by atoms with Gasteiger partial charge >= 0.3 is 0 Å². The molecule has 2 unspecified atom stereocenters. The van der Waals surface area contributed by atoms with Gasteiger partial charge in [-0.1, -0.05) is 30.7 Å². The highest BCUT2D eigenvalue weighted by atomic mass is 35.5. The van der Waals surface area contributed by atoms with E-state index in [1.165, 1.54) is 10.6 Å². The number of hydrogen-bond acceptors (Lipinski definition) is 7. The maximum atomic E-state index is 12.8. The van der Waals surface area contributed by atoms with E-state index in [0.717, 1.165) is 34.4 Å². The molecular weight excluding hydrogens is 488 g/mol. The van der Waals surface area contributed by atoms with Crippen molar-refractivity contribution in [1.82, 2.24) is 20.0 Å². The van der Waals surface area contributed by atoms with Crippen molar-refractivity contribution in [2.75, 3.05) is 6.54 Å². The normalized spacial score (nSPS) is 15.6. The molecule has 3 aromatic heterocycles. The fraction of sp³-hybridized carbons (Fsp3) is 0.250. The van der Waals surface area contributed by atoms with Crippen LogP contribution in [0.15, 0.2) is 64.8 Å². The maximum Gasteiger partial charge on any atom is 0.269 e. The fourth-order valence-corrected chi connectivity index (χ4v) is 4.86. The van der Waals surface area contributed by atoms with Crippen LogP contribution in [0.5, 0.6) is 5.75 Å². The zero-order chi connectivity index (χ0) is 26.1. The van der Waals surface area contributed by atoms with Gasteiger partial charge < -0.3 is 14.7 Å². The van der Waals surface area contributed by atoms with Crippen molar-refractivity contribution >= 4 is 28.2 Å². The number of halogens is 1. The molecule has 1 aliphatic heterocycles. The van der Waals surface area contributed by atoms with Crippen LogP contribution in [0.3, 0.4) is 0 Å². The number of aromatic nitrogens is 3. The molecule has 0 saturated carbocycles. The van der Waals surface area contributed by atoms with Crippen LogP contribution in [0.2, 0.25) is 5.02 Å². The minimum Gasteiger partial charge on any atom is -0.486 e. The zero-order valence-corrected chi connectivity index (χ0v) is 21.5. The van der Waals surface area contributed by atoms with Crippen molar-refractivity contribution in [3.8, 4) is 11.8 Å². The molecule has 4 aromatic rings. The summed E-state index contributed by atoms with van der Waals surface area (Å²) in [5.41, 5.74) is 7.68. The second-order valence-corrected chi connectivity index (χ2v) is 9.50. The van der Waals surface area contributed by atoms with E-state index in [1.807, 2.05) is 38.1 Å². The first-order valence-electron chi connectivity index (χ1n) is 12.0. The Hall–Kier alpha value is -4.22. The topological polar surface area (TPSA) is 105 Å². The molecule has 0 bridgehead atoms. The Bertz CT molecular complexity index is 1640. The monoisotopic (exact) mass is 512 g/mol. The Morgan fingerprint density at radius 3 is 2.89 bits per heavy atom. The summed E-state index contributed by atoms with van der Waals surface area (Å²) in [6.07, 6.45) is 3.24. The van der Waals surface area contributed by atoms with Crippen LogP contribution in [0.4, 0.5) is 0 Å². The number of fused-ring (bicyclic) bond motifs is 1. The molecule has 1 N–H and O–H groups in total. The molecule has 0 saturated heterocycles. The minimum absolute atomic E-state index is 0.0681. The van der Waals surface area contributed by atoms with Gasteiger partial charge in [0.15, 0.2) is 0 Å². The van der Waals surface area contributed by atoms with Crippen LogP contribution in [0.1, 0.15) is 48.0 Å². The number of nitrogens with one attached hydrogen (secondary N) is 1. The lowest BCUT2D eigenvalue weighted by Gasteiger charge is -2.20. The summed E-state index contributed by atoms with van der Waals surface area (Å²) in [4.78, 5) is 22.1. The van der Waals surface area contributed by atoms with E-state index in [9.17, 15) is 10.1 Å². The number of hydrazone groups is 1. The lowest BCUT2D eigenvalue weighted by molar-refractivity contribution is 0.306. The largest absolute Gasteiger partial charge is 0.486 e. The smallest absolute Gasteiger partial charge is 0.269 e. The van der Waals surface area contributed by atoms with Crippen molar-refractivity contribution in [3.63, 3.8) is 0 Å². The van der Waals surface area contributed by atoms with Crippen LogP contribution in [0.25, 0.3) is 10.9 Å². The Labute approximate surface area is 219 Å². The van der Waals surface area contributed by atoms with Crippen LogP contribution in [-0.4, -0.2) is 26.8 Å². The molecule has 8 nitrogen and oxygen atoms in total. The molecule has 5 rings (SSSR count). The van der Waals surface area contributed by atoms with Gasteiger partial charge in [0.25, 0.3) is 5.56 Å². The fourth-order valence-electron chi connectivity index (χ4n) is 4.65. The van der Waals surface area contributed by atoms with Gasteiger partial charge in [-0.15, -0.1) is 0 Å². The third-order valence-corrected chi connectivity index (χ3v) is 6.94. The highest BCUT2D eigenvalue weighted by Crippen LogP contribution is 2.32. The third-order valence-electron chi connectivity index (χ3n) is 6.58. The summed E-state index contributed by atoms with van der Waals surface area (Å²) in [6.45, 7) is 6.87. The van der Waals surface area contributed by atoms with E-state index in [4.69, 9.17) is 21.3 Å². The molecule has 0 amide bonds. The molecule has 2 atom stereocenters. The van der Waals surface area contributed by atoms with Crippen LogP contribution in [0, 0.1) is 24.2 Å². The lowest BCUT2D eigenvalue weighted by atomic mass is 9.95. The quantitative estimate of drug-likeness (QED) is 0.399. The van der Waals surface area contributed by atoms with Crippen molar-refractivity contribution in [2.45, 2.75) is 33.4 Å². The summed E-state index contributed by atoms with van der Waals surface area (Å²) in [5.74, 6) is 0.902. The average Bonchev–Trinajstić information content (AvgIpc) is 3.32. The van der Waals surface area contributed by atoms with Crippen molar-refractivity contribution in [2.24, 2.45) is 11.0 Å². The summed E-state index contributed by atoms with van der Waals surface area (Å²) in [7, 11) is 0. The first-order chi connectivity index (χ1) is 17.9. The van der Waals surface area contributed by atoms with Crippen molar-refractivity contribution in [1.29, 1.82) is 5.26 Å². The molecule has 4 heterocycles. The lowest BCUT2D eigenvalue weighted by Crippen LogP contribution is -2.26. The van der Waals surface area contributed by atoms with E-state index in [2.05, 4.69) is 28.5 Å². The summed E-state index contributed by atoms with van der Waals surface area (Å²) in [6, 6.07) is 14.2. The molecule has 186 valence electrons. The third kappa shape index (κ3) is 4.54. The average molecular weight is 513 g/mol. The highest BCUT2D eigenvalue weighted by Gasteiger charge is 2.23. The van der Waals surface area contributed by atoms with Crippen molar-refractivity contribution in [3.05, 3.63) is 98.3 Å². The highest BCUT2D eigenvalue weighted by molar-refractivity contribution is 6.31. The predicted octanol–water partition coefficient (Wildman–Crippen LogP) is 4.76. The number of hydrogen-bond donors (Lipinski definition) is 1. The molecule has 1 aromatic carbocycles. The molecule has 37 heavy (non-hydrogen) atoms. The van der Waals surface area contributed by atoms with Crippen LogP contribution < -0.4 is 15.7 Å². The van der Waals surface area contributed by atoms with Crippen molar-refractivity contribution < 1.29 is 4.74 Å². The van der Waals surface area contributed by atoms with E-state index in [1.54, 1.807) is 24.5 Å². The first kappa shape index (κ1) is 24.5. The number of ether oxygens (including phenoxy) is 1. The Kier molecular flexibility index (Phi) is 6.64. The Balaban J connectivity index is 1.52. The standard InChI is InChI=1S/C28H25ClN6O2/c1-16-14-32-34-25(16)21-12-17(2)33-27-20(21)7-4-8-24(27)37-15-22-23(29)9-10-31-26(22)18(3)35-11-5-6-19(13-30)28(35)36/h4-12,16,18,32H,14-15H2,1-3H3. The molecule has 0 aliphatic carbocycles. The van der Waals surface area contributed by atoms with Crippen LogP contribution in [-0.2, 0) is 6.61 Å². The van der Waals surface area contributed by atoms with E-state index < -0.39 is 6.04 Å². The van der Waals surface area contributed by atoms with Gasteiger partial charge in [0.05, 0.1) is 22.5 Å². The Morgan fingerprint density at radius 2 is 2.14 bits per heavy atom. The van der Waals surface area contributed by atoms with Gasteiger partial charge in [-0.2, -0.15) is 10.4 Å². The van der Waals surface area contributed by atoms with Gasteiger partial charge in [-0.05, 0) is 44.2 Å². The van der Waals surface area contributed by atoms with E-state index >= 15 is 0 Å². The molecule has 0 spiro atoms. The maximum absolute atomic E-state index is 12.8. The number of rotatable bonds is 6. The van der Waals surface area contributed by atoms with E-state index in [-0.39, 0.29) is 23.6 Å². The number of nitrogens with zero attached hydrogens (tertiary/aromatic N) is 5. The van der Waals surface area contributed by atoms with Gasteiger partial charge in [0.2, 0.25) is 0 Å². The number of aryl methyl sites for hydroxylation is 1. The number of pyridine rings is 3. The molecule has 0 fully saturated rings. The number of para-hydroxylation sites is 1. The zero-order valence-electron chi connectivity index (χ0n) is 20.7. The molecule has 0 radical (unpaired) electrons. The van der Waals surface area contributed by atoms with E-state index in [0.29, 0.717) is 22.0 Å². The Morgan fingerprint density at radius 1 is 1.30 bits per heavy atom. The number of nitriles is 1. The first-order valence-corrected chi connectivity index (χ1v) is 12.3. The minimum atomic E-state index is -0.466. The van der Waals surface area contributed by atoms with Gasteiger partial charge in [0.1, 0.15) is 29.5 Å². The SMILES string of the molecule is Cc1cc(C2=NNCC2C)c2cccc(OCc3c(Cl)ccnc3C(C)n3cccc(C#N)c3=O)c2n1. The number of benzene rings is 1. The summed E-state index contributed by atoms with van der Waals surface area (Å²) < 4.78 is 7.78. The molecule has 1 aliphatic rings. The van der Waals surface area contributed by atoms with Gasteiger partial charge in [0, 0.05) is 47.1 Å². The molecular formula is C28H25ClN6O2. The second kappa shape index (κ2) is 10.0. The van der Waals surface area contributed by atoms with Crippen LogP contribution >= 0.6 is 11.6 Å². The second-order valence-electron chi connectivity index (χ2n) is 9.09. The summed E-state index contributed by atoms with van der Waals surface area (Å²) in [5, 5.41) is 15.2. The predicted molar refractivity (Wildman–Crippen MR) is 143 cm³/mol. The summed E-state index contributed by atoms with van der Waals surface area (Å²) >= 11 is 6.60.